The van der Waals surface area contributed by atoms with Crippen LogP contribution < -0.4 is 10.6 Å². The number of nitrogens with zero attached hydrogens (tertiary/aromatic N) is 3. The van der Waals surface area contributed by atoms with Gasteiger partial charge < -0.3 is 15.4 Å². The maximum Gasteiger partial charge on any atom is 0.158 e. The Kier molecular flexibility index (Phi) is 3.84. The Hall–Kier alpha value is -1.66. The normalized spacial score (nSPS) is 14.3. The number of thiophene rings is 1. The van der Waals surface area contributed by atoms with Crippen molar-refractivity contribution in [3.8, 4) is 0 Å². The quantitative estimate of drug-likeness (QED) is 0.935. The molecule has 6 heteroatoms. The van der Waals surface area contributed by atoms with E-state index >= 15 is 0 Å². The molecule has 0 radical (unpaired) electrons. The Morgan fingerprint density at radius 3 is 3.20 bits per heavy atom. The molecule has 2 N–H and O–H groups in total. The molecule has 0 saturated carbocycles. The van der Waals surface area contributed by atoms with Gasteiger partial charge in [-0.2, -0.15) is 0 Å². The van der Waals surface area contributed by atoms with Crippen LogP contribution in [0.1, 0.15) is 23.2 Å². The van der Waals surface area contributed by atoms with Crippen LogP contribution in [0, 0.1) is 0 Å². The summed E-state index contributed by atoms with van der Waals surface area (Å²) in [5.74, 6) is 2.04. The zero-order valence-corrected chi connectivity index (χ0v) is 12.3. The van der Waals surface area contributed by atoms with E-state index in [1.54, 1.807) is 0 Å². The predicted molar refractivity (Wildman–Crippen MR) is 80.8 cm³/mol. The third kappa shape index (κ3) is 2.76. The van der Waals surface area contributed by atoms with Crippen molar-refractivity contribution in [2.45, 2.75) is 26.5 Å². The van der Waals surface area contributed by atoms with E-state index in [4.69, 9.17) is 10.5 Å². The highest BCUT2D eigenvalue weighted by molar-refractivity contribution is 7.10. The summed E-state index contributed by atoms with van der Waals surface area (Å²) in [5, 5.41) is 2.16. The van der Waals surface area contributed by atoms with Gasteiger partial charge in [-0.25, -0.2) is 9.97 Å². The summed E-state index contributed by atoms with van der Waals surface area (Å²) < 4.78 is 5.36. The molecule has 0 amide bonds. The van der Waals surface area contributed by atoms with Crippen molar-refractivity contribution >= 4 is 23.0 Å². The molecule has 0 atom stereocenters. The van der Waals surface area contributed by atoms with Crippen molar-refractivity contribution in [1.29, 1.82) is 0 Å². The van der Waals surface area contributed by atoms with Crippen molar-refractivity contribution in [2.24, 2.45) is 0 Å². The molecule has 2 aromatic heterocycles. The number of aromatic nitrogens is 2. The van der Waals surface area contributed by atoms with Gasteiger partial charge in [-0.15, -0.1) is 11.3 Å². The molecule has 0 unspecified atom stereocenters. The first kappa shape index (κ1) is 13.3. The van der Waals surface area contributed by atoms with Crippen LogP contribution in [-0.4, -0.2) is 23.1 Å². The first-order valence-electron chi connectivity index (χ1n) is 6.77. The largest absolute Gasteiger partial charge is 0.384 e. The van der Waals surface area contributed by atoms with Crippen LogP contribution in [0.15, 0.2) is 17.5 Å². The lowest BCUT2D eigenvalue weighted by molar-refractivity contribution is 0.128. The van der Waals surface area contributed by atoms with Gasteiger partial charge in [-0.3, -0.25) is 0 Å². The number of nitrogens with two attached hydrogens (primary N) is 1. The van der Waals surface area contributed by atoms with Gasteiger partial charge in [-0.1, -0.05) is 0 Å². The smallest absolute Gasteiger partial charge is 0.158 e. The number of nitrogen functional groups attached to an aromatic ring is 1. The second kappa shape index (κ2) is 5.76. The van der Waals surface area contributed by atoms with Crippen molar-refractivity contribution in [3.63, 3.8) is 0 Å². The minimum Gasteiger partial charge on any atom is -0.384 e. The minimum atomic E-state index is 0.409. The fraction of sp³-hybridized carbons (Fsp3) is 0.429. The summed E-state index contributed by atoms with van der Waals surface area (Å²) in [6, 6.07) is 4.03. The van der Waals surface area contributed by atoms with Crippen LogP contribution in [0.4, 0.5) is 11.6 Å². The Morgan fingerprint density at radius 1 is 1.45 bits per heavy atom. The van der Waals surface area contributed by atoms with Gasteiger partial charge in [0.05, 0.1) is 0 Å². The predicted octanol–water partition coefficient (Wildman–Crippen LogP) is 2.22. The number of anilines is 2. The van der Waals surface area contributed by atoms with Gasteiger partial charge in [0.2, 0.25) is 0 Å². The van der Waals surface area contributed by atoms with E-state index in [0.717, 1.165) is 25.3 Å². The van der Waals surface area contributed by atoms with Crippen molar-refractivity contribution in [3.05, 3.63) is 33.8 Å². The lowest BCUT2D eigenvalue weighted by Crippen LogP contribution is -2.30. The van der Waals surface area contributed by atoms with Gasteiger partial charge in [0, 0.05) is 30.6 Å². The van der Waals surface area contributed by atoms with Crippen LogP contribution in [0.25, 0.3) is 0 Å². The highest BCUT2D eigenvalue weighted by Gasteiger charge is 2.19. The van der Waals surface area contributed by atoms with Crippen LogP contribution in [0.2, 0.25) is 0 Å². The zero-order valence-electron chi connectivity index (χ0n) is 11.5. The molecular weight excluding hydrogens is 272 g/mol. The summed E-state index contributed by atoms with van der Waals surface area (Å²) in [4.78, 5) is 12.5. The molecule has 106 valence electrons. The minimum absolute atomic E-state index is 0.409. The van der Waals surface area contributed by atoms with E-state index in [-0.39, 0.29) is 0 Å². The molecule has 3 rings (SSSR count). The van der Waals surface area contributed by atoms with Gasteiger partial charge in [-0.05, 0) is 30.4 Å². The third-order valence-electron chi connectivity index (χ3n) is 3.35. The van der Waals surface area contributed by atoms with E-state index < -0.39 is 0 Å². The maximum absolute atomic E-state index is 5.88. The molecule has 0 spiro atoms. The fourth-order valence-corrected chi connectivity index (χ4v) is 3.26. The number of rotatable bonds is 4. The molecule has 0 bridgehead atoms. The molecule has 0 aliphatic carbocycles. The maximum atomic E-state index is 5.88. The number of ether oxygens (including phenoxy) is 1. The molecule has 0 fully saturated rings. The number of fused-ring (bicyclic) bond motifs is 1. The number of hydrogen-bond acceptors (Lipinski definition) is 6. The molecule has 20 heavy (non-hydrogen) atoms. The molecule has 1 aliphatic rings. The van der Waals surface area contributed by atoms with Gasteiger partial charge in [0.1, 0.15) is 18.2 Å². The number of hydrogen-bond donors (Lipinski definition) is 1. The second-order valence-electron chi connectivity index (χ2n) is 4.74. The zero-order chi connectivity index (χ0) is 13.9. The van der Waals surface area contributed by atoms with E-state index in [9.17, 15) is 0 Å². The second-order valence-corrected chi connectivity index (χ2v) is 5.75. The summed E-state index contributed by atoms with van der Waals surface area (Å²) >= 11 is 1.84. The standard InChI is InChI=1S/C14H18N4OS/c1-2-19-9-13-16-12(15)7-14(17-13)18-5-3-11-10(8-18)4-6-20-11/h4,6-7H,2-3,5,8-9H2,1H3,(H2,15,16,17). The van der Waals surface area contributed by atoms with E-state index in [1.165, 1.54) is 10.4 Å². The van der Waals surface area contributed by atoms with Gasteiger partial charge >= 0.3 is 0 Å². The van der Waals surface area contributed by atoms with Crippen molar-refractivity contribution in [2.75, 3.05) is 23.8 Å². The highest BCUT2D eigenvalue weighted by Crippen LogP contribution is 2.27. The fourth-order valence-electron chi connectivity index (χ4n) is 2.37. The first-order valence-corrected chi connectivity index (χ1v) is 7.65. The third-order valence-corrected chi connectivity index (χ3v) is 4.37. The molecule has 5 nitrogen and oxygen atoms in total. The van der Waals surface area contributed by atoms with E-state index in [0.29, 0.717) is 24.9 Å². The Balaban J connectivity index is 1.82. The van der Waals surface area contributed by atoms with Crippen LogP contribution in [0.5, 0.6) is 0 Å². The lowest BCUT2D eigenvalue weighted by Gasteiger charge is -2.28. The van der Waals surface area contributed by atoms with E-state index in [2.05, 4.69) is 26.3 Å². The average Bonchev–Trinajstić information content (AvgIpc) is 2.92. The van der Waals surface area contributed by atoms with E-state index in [1.807, 2.05) is 24.3 Å². The van der Waals surface area contributed by atoms with Crippen LogP contribution in [0.3, 0.4) is 0 Å². The molecule has 1 aliphatic heterocycles. The van der Waals surface area contributed by atoms with Crippen molar-refractivity contribution in [1.82, 2.24) is 9.97 Å². The van der Waals surface area contributed by atoms with Gasteiger partial charge in [0.15, 0.2) is 5.82 Å². The van der Waals surface area contributed by atoms with Gasteiger partial charge in [0.25, 0.3) is 0 Å². The molecule has 3 heterocycles. The van der Waals surface area contributed by atoms with Crippen LogP contribution in [-0.2, 0) is 24.3 Å². The monoisotopic (exact) mass is 290 g/mol. The topological polar surface area (TPSA) is 64.3 Å². The highest BCUT2D eigenvalue weighted by atomic mass is 32.1. The summed E-state index contributed by atoms with van der Waals surface area (Å²) in [6.45, 7) is 4.87. The molecule has 0 saturated heterocycles. The van der Waals surface area contributed by atoms with Crippen LogP contribution >= 0.6 is 11.3 Å². The lowest BCUT2D eigenvalue weighted by atomic mass is 10.1. The Morgan fingerprint density at radius 2 is 2.35 bits per heavy atom. The summed E-state index contributed by atoms with van der Waals surface area (Å²) in [7, 11) is 0. The summed E-state index contributed by atoms with van der Waals surface area (Å²) in [6.07, 6.45) is 1.07. The first-order chi connectivity index (χ1) is 9.76. The average molecular weight is 290 g/mol. The summed E-state index contributed by atoms with van der Waals surface area (Å²) in [5.41, 5.74) is 7.27. The Labute approximate surface area is 122 Å². The molecule has 0 aromatic carbocycles. The van der Waals surface area contributed by atoms with Crippen molar-refractivity contribution < 1.29 is 4.74 Å². The SMILES string of the molecule is CCOCc1nc(N)cc(N2CCc3sccc3C2)n1. The Bertz CT molecular complexity index is 599. The molecular formula is C14H18N4OS. The molecule has 2 aromatic rings.